The summed E-state index contributed by atoms with van der Waals surface area (Å²) in [6.07, 6.45) is 0.871. The maximum atomic E-state index is 12.2. The molecule has 27 heavy (non-hydrogen) atoms. The zero-order chi connectivity index (χ0) is 19.6. The van der Waals surface area contributed by atoms with Crippen LogP contribution >= 0.6 is 27.7 Å². The first kappa shape index (κ1) is 21.1. The van der Waals surface area contributed by atoms with Crippen molar-refractivity contribution in [3.63, 3.8) is 0 Å². The van der Waals surface area contributed by atoms with Crippen LogP contribution in [0.25, 0.3) is 0 Å². The molecule has 0 fully saturated rings. The fraction of sp³-hybridized carbons (Fsp3) is 0.263. The quantitative estimate of drug-likeness (QED) is 0.470. The summed E-state index contributed by atoms with van der Waals surface area (Å²) < 4.78 is 11.8. The van der Waals surface area contributed by atoms with E-state index < -0.39 is 5.91 Å². The molecule has 2 N–H and O–H groups in total. The van der Waals surface area contributed by atoms with E-state index in [1.807, 2.05) is 31.2 Å². The number of rotatable bonds is 8. The van der Waals surface area contributed by atoms with Gasteiger partial charge in [0, 0.05) is 14.9 Å². The van der Waals surface area contributed by atoms with Crippen molar-refractivity contribution in [3.05, 3.63) is 52.5 Å². The normalized spacial score (nSPS) is 10.2. The number of halogens is 1. The molecule has 2 aromatic rings. The van der Waals surface area contributed by atoms with E-state index in [2.05, 4.69) is 26.8 Å². The average molecular weight is 453 g/mol. The summed E-state index contributed by atoms with van der Waals surface area (Å²) in [5.74, 6) is 0.497. The van der Waals surface area contributed by atoms with E-state index in [0.717, 1.165) is 15.8 Å². The molecule has 8 heteroatoms. The summed E-state index contributed by atoms with van der Waals surface area (Å²) >= 11 is 4.74. The van der Waals surface area contributed by atoms with E-state index >= 15 is 0 Å². The third-order valence-electron chi connectivity index (χ3n) is 3.39. The van der Waals surface area contributed by atoms with Crippen LogP contribution in [0.5, 0.6) is 11.5 Å². The topological polar surface area (TPSA) is 76.7 Å². The third kappa shape index (κ3) is 6.80. The lowest BCUT2D eigenvalue weighted by Gasteiger charge is -2.12. The van der Waals surface area contributed by atoms with Crippen LogP contribution in [0.15, 0.2) is 51.8 Å². The van der Waals surface area contributed by atoms with Crippen LogP contribution in [0.4, 0.5) is 0 Å². The maximum absolute atomic E-state index is 12.2. The van der Waals surface area contributed by atoms with Gasteiger partial charge in [-0.05, 0) is 48.9 Å². The van der Waals surface area contributed by atoms with Gasteiger partial charge in [0.25, 0.3) is 5.91 Å². The van der Waals surface area contributed by atoms with E-state index in [-0.39, 0.29) is 11.7 Å². The zero-order valence-corrected chi connectivity index (χ0v) is 17.5. The van der Waals surface area contributed by atoms with Crippen LogP contribution in [0.3, 0.4) is 0 Å². The van der Waals surface area contributed by atoms with Crippen molar-refractivity contribution in [1.29, 1.82) is 0 Å². The smallest absolute Gasteiger partial charge is 0.269 e. The van der Waals surface area contributed by atoms with Crippen LogP contribution < -0.4 is 20.3 Å². The predicted octanol–water partition coefficient (Wildman–Crippen LogP) is 3.80. The second-order valence-corrected chi connectivity index (χ2v) is 7.42. The minimum atomic E-state index is -0.433. The van der Waals surface area contributed by atoms with Crippen LogP contribution in [-0.4, -0.2) is 31.3 Å². The van der Waals surface area contributed by atoms with Gasteiger partial charge < -0.3 is 9.47 Å². The van der Waals surface area contributed by atoms with Gasteiger partial charge in [-0.15, -0.1) is 11.8 Å². The van der Waals surface area contributed by atoms with Gasteiger partial charge in [0.15, 0.2) is 11.5 Å². The molecule has 0 saturated heterocycles. The highest BCUT2D eigenvalue weighted by atomic mass is 79.9. The molecule has 2 amide bonds. The molecule has 0 bridgehead atoms. The molecule has 0 atom stereocenters. The number of carbonyl (C=O) groups excluding carboxylic acids is 2. The third-order valence-corrected chi connectivity index (χ3v) is 4.93. The number of nitrogens with one attached hydrogen (secondary N) is 2. The summed E-state index contributed by atoms with van der Waals surface area (Å²) in [6.45, 7) is 2.57. The molecule has 0 saturated carbocycles. The van der Waals surface area contributed by atoms with Crippen molar-refractivity contribution >= 4 is 39.5 Å². The Hall–Kier alpha value is -2.19. The molecule has 6 nitrogen and oxygen atoms in total. The molecule has 0 aliphatic rings. The highest BCUT2D eigenvalue weighted by molar-refractivity contribution is 9.10. The first-order valence-corrected chi connectivity index (χ1v) is 10.1. The standard InChI is InChI=1S/C19H21BrN2O4S/c1-3-10-26-16-9-4-13(11-17(16)25-2)19(24)22-21-18(23)12-27-15-7-5-14(20)6-8-15/h4-9,11H,3,10,12H2,1-2H3,(H,21,23)(H,22,24). The SMILES string of the molecule is CCCOc1ccc(C(=O)NNC(=O)CSc2ccc(Br)cc2)cc1OC. The van der Waals surface area contributed by atoms with Gasteiger partial charge in [0.05, 0.1) is 19.5 Å². The summed E-state index contributed by atoms with van der Waals surface area (Å²) in [4.78, 5) is 25.1. The Labute approximate surface area is 171 Å². The van der Waals surface area contributed by atoms with Crippen LogP contribution in [0.1, 0.15) is 23.7 Å². The first-order chi connectivity index (χ1) is 13.0. The van der Waals surface area contributed by atoms with Crippen molar-refractivity contribution in [2.24, 2.45) is 0 Å². The molecule has 144 valence electrons. The molecule has 0 aliphatic carbocycles. The Morgan fingerprint density at radius 2 is 1.81 bits per heavy atom. The fourth-order valence-electron chi connectivity index (χ4n) is 2.05. The van der Waals surface area contributed by atoms with Gasteiger partial charge in [-0.1, -0.05) is 22.9 Å². The number of thioether (sulfide) groups is 1. The summed E-state index contributed by atoms with van der Waals surface area (Å²) in [7, 11) is 1.51. The first-order valence-electron chi connectivity index (χ1n) is 8.32. The lowest BCUT2D eigenvalue weighted by Crippen LogP contribution is -2.42. The van der Waals surface area contributed by atoms with E-state index in [4.69, 9.17) is 9.47 Å². The van der Waals surface area contributed by atoms with E-state index in [1.54, 1.807) is 18.2 Å². The van der Waals surface area contributed by atoms with Crippen LogP contribution in [0.2, 0.25) is 0 Å². The summed E-state index contributed by atoms with van der Waals surface area (Å²) in [5.41, 5.74) is 5.17. The highest BCUT2D eigenvalue weighted by Gasteiger charge is 2.12. The van der Waals surface area contributed by atoms with Crippen molar-refractivity contribution in [1.82, 2.24) is 10.9 Å². The van der Waals surface area contributed by atoms with Gasteiger partial charge >= 0.3 is 0 Å². The monoisotopic (exact) mass is 452 g/mol. The summed E-state index contributed by atoms with van der Waals surface area (Å²) in [5, 5.41) is 0. The van der Waals surface area contributed by atoms with E-state index in [1.165, 1.54) is 18.9 Å². The Morgan fingerprint density at radius 1 is 1.07 bits per heavy atom. The maximum Gasteiger partial charge on any atom is 0.269 e. The van der Waals surface area contributed by atoms with Gasteiger partial charge in [-0.25, -0.2) is 0 Å². The molecule has 2 aromatic carbocycles. The van der Waals surface area contributed by atoms with Gasteiger partial charge in [-0.3, -0.25) is 20.4 Å². The zero-order valence-electron chi connectivity index (χ0n) is 15.1. The minimum absolute atomic E-state index is 0.190. The number of hydrogen-bond donors (Lipinski definition) is 2. The molecule has 0 aliphatic heterocycles. The number of hydrazine groups is 1. The molecular formula is C19H21BrN2O4S. The average Bonchev–Trinajstić information content (AvgIpc) is 2.69. The lowest BCUT2D eigenvalue weighted by atomic mass is 10.2. The largest absolute Gasteiger partial charge is 0.493 e. The minimum Gasteiger partial charge on any atom is -0.493 e. The number of ether oxygens (including phenoxy) is 2. The molecule has 2 rings (SSSR count). The van der Waals surface area contributed by atoms with Gasteiger partial charge in [0.1, 0.15) is 0 Å². The van der Waals surface area contributed by atoms with Crippen molar-refractivity contribution in [2.75, 3.05) is 19.5 Å². The predicted molar refractivity (Wildman–Crippen MR) is 109 cm³/mol. The van der Waals surface area contributed by atoms with Gasteiger partial charge in [-0.2, -0.15) is 0 Å². The lowest BCUT2D eigenvalue weighted by molar-refractivity contribution is -0.119. The summed E-state index contributed by atoms with van der Waals surface area (Å²) in [6, 6.07) is 12.5. The Kier molecular flexibility index (Phi) is 8.47. The molecule has 0 heterocycles. The molecular weight excluding hydrogens is 432 g/mol. The van der Waals surface area contributed by atoms with Gasteiger partial charge in [0.2, 0.25) is 5.91 Å². The molecule has 0 unspecified atom stereocenters. The number of carbonyl (C=O) groups is 2. The molecule has 0 aromatic heterocycles. The van der Waals surface area contributed by atoms with E-state index in [0.29, 0.717) is 23.7 Å². The Morgan fingerprint density at radius 3 is 2.48 bits per heavy atom. The van der Waals surface area contributed by atoms with Crippen molar-refractivity contribution < 1.29 is 19.1 Å². The number of benzene rings is 2. The Balaban J connectivity index is 1.85. The number of methoxy groups -OCH3 is 1. The number of hydrogen-bond acceptors (Lipinski definition) is 5. The second kappa shape index (κ2) is 10.8. The highest BCUT2D eigenvalue weighted by Crippen LogP contribution is 2.28. The number of amides is 2. The van der Waals surface area contributed by atoms with Crippen molar-refractivity contribution in [3.8, 4) is 11.5 Å². The molecule has 0 spiro atoms. The van der Waals surface area contributed by atoms with Crippen LogP contribution in [-0.2, 0) is 4.79 Å². The van der Waals surface area contributed by atoms with Crippen molar-refractivity contribution in [2.45, 2.75) is 18.2 Å². The Bertz CT molecular complexity index is 784. The fourth-order valence-corrected chi connectivity index (χ4v) is 3.02. The second-order valence-electron chi connectivity index (χ2n) is 5.46. The van der Waals surface area contributed by atoms with Crippen LogP contribution in [0, 0.1) is 0 Å². The van der Waals surface area contributed by atoms with E-state index in [9.17, 15) is 9.59 Å². The molecule has 0 radical (unpaired) electrons.